The van der Waals surface area contributed by atoms with Crippen LogP contribution in [0.25, 0.3) is 0 Å². The number of anilines is 1. The molecule has 6 heteroatoms. The number of aliphatic hydroxyl groups excluding tert-OH is 1. The first-order valence-electron chi connectivity index (χ1n) is 8.91. The number of piperazine rings is 1. The minimum atomic E-state index is -0.0178. The van der Waals surface area contributed by atoms with Gasteiger partial charge >= 0.3 is 0 Å². The molecule has 25 heavy (non-hydrogen) atoms. The van der Waals surface area contributed by atoms with Crippen molar-refractivity contribution in [1.82, 2.24) is 14.9 Å². The van der Waals surface area contributed by atoms with E-state index in [1.165, 1.54) is 11.1 Å². The molecule has 0 spiro atoms. The molecule has 0 radical (unpaired) electrons. The van der Waals surface area contributed by atoms with Gasteiger partial charge in [0.2, 0.25) is 5.95 Å². The third-order valence-corrected chi connectivity index (χ3v) is 5.22. The van der Waals surface area contributed by atoms with Gasteiger partial charge in [-0.1, -0.05) is 12.1 Å². The van der Waals surface area contributed by atoms with Crippen LogP contribution < -0.4 is 9.64 Å². The van der Waals surface area contributed by atoms with Crippen molar-refractivity contribution in [3.8, 4) is 5.75 Å². The molecule has 0 amide bonds. The van der Waals surface area contributed by atoms with Gasteiger partial charge in [-0.05, 0) is 24.1 Å². The summed E-state index contributed by atoms with van der Waals surface area (Å²) >= 11 is 0. The zero-order valence-electron chi connectivity index (χ0n) is 14.6. The van der Waals surface area contributed by atoms with Gasteiger partial charge < -0.3 is 14.7 Å². The lowest BCUT2D eigenvalue weighted by molar-refractivity contribution is 0.197. The van der Waals surface area contributed by atoms with Crippen LogP contribution in [0.2, 0.25) is 0 Å². The molecule has 3 heterocycles. The lowest BCUT2D eigenvalue weighted by Gasteiger charge is -2.38. The molecule has 0 bridgehead atoms. The average Bonchev–Trinajstić information content (AvgIpc) is 3.15. The number of hydrogen-bond acceptors (Lipinski definition) is 6. The van der Waals surface area contributed by atoms with E-state index in [0.717, 1.165) is 56.5 Å². The van der Waals surface area contributed by atoms with Crippen molar-refractivity contribution in [3.63, 3.8) is 0 Å². The fourth-order valence-corrected chi connectivity index (χ4v) is 3.56. The molecule has 1 fully saturated rings. The van der Waals surface area contributed by atoms with Crippen molar-refractivity contribution in [2.75, 3.05) is 37.7 Å². The Morgan fingerprint density at radius 1 is 1.16 bits per heavy atom. The van der Waals surface area contributed by atoms with Crippen LogP contribution >= 0.6 is 0 Å². The van der Waals surface area contributed by atoms with Gasteiger partial charge in [0.05, 0.1) is 13.2 Å². The maximum Gasteiger partial charge on any atom is 0.225 e. The maximum atomic E-state index is 9.09. The van der Waals surface area contributed by atoms with Crippen molar-refractivity contribution in [1.29, 1.82) is 0 Å². The largest absolute Gasteiger partial charge is 0.493 e. The summed E-state index contributed by atoms with van der Waals surface area (Å²) < 4.78 is 5.71. The predicted molar refractivity (Wildman–Crippen MR) is 95.8 cm³/mol. The maximum absolute atomic E-state index is 9.09. The Morgan fingerprint density at radius 2 is 1.92 bits per heavy atom. The van der Waals surface area contributed by atoms with E-state index < -0.39 is 0 Å². The Morgan fingerprint density at radius 3 is 2.64 bits per heavy atom. The number of aromatic nitrogens is 2. The van der Waals surface area contributed by atoms with Crippen LogP contribution in [-0.4, -0.2) is 52.8 Å². The van der Waals surface area contributed by atoms with Crippen LogP contribution in [0.3, 0.4) is 0 Å². The minimum Gasteiger partial charge on any atom is -0.493 e. The highest BCUT2D eigenvalue weighted by Crippen LogP contribution is 2.31. The van der Waals surface area contributed by atoms with E-state index in [1.807, 2.05) is 0 Å². The second kappa shape index (κ2) is 6.98. The van der Waals surface area contributed by atoms with E-state index in [9.17, 15) is 0 Å². The summed E-state index contributed by atoms with van der Waals surface area (Å²) in [6, 6.07) is 7.02. The van der Waals surface area contributed by atoms with Gasteiger partial charge in [0.15, 0.2) is 0 Å². The van der Waals surface area contributed by atoms with Crippen LogP contribution in [0.1, 0.15) is 29.7 Å². The quantitative estimate of drug-likeness (QED) is 0.916. The van der Waals surface area contributed by atoms with E-state index in [1.54, 1.807) is 12.4 Å². The first-order chi connectivity index (χ1) is 12.2. The van der Waals surface area contributed by atoms with Crippen molar-refractivity contribution >= 4 is 5.95 Å². The van der Waals surface area contributed by atoms with Gasteiger partial charge in [0.1, 0.15) is 5.75 Å². The van der Waals surface area contributed by atoms with Crippen LogP contribution in [0, 0.1) is 0 Å². The van der Waals surface area contributed by atoms with E-state index in [0.29, 0.717) is 6.04 Å². The molecule has 6 nitrogen and oxygen atoms in total. The number of benzene rings is 1. The zero-order chi connectivity index (χ0) is 17.2. The highest BCUT2D eigenvalue weighted by molar-refractivity contribution is 5.41. The molecule has 1 aromatic carbocycles. The lowest BCUT2D eigenvalue weighted by Crippen LogP contribution is -2.47. The fourth-order valence-electron chi connectivity index (χ4n) is 3.56. The Balaban J connectivity index is 1.39. The SMILES string of the molecule is CC(c1ccc2c(c1)OCC2)N1CCN(c2ncc(CO)cn2)CC1. The van der Waals surface area contributed by atoms with Gasteiger partial charge in [-0.25, -0.2) is 9.97 Å². The fraction of sp³-hybridized carbons (Fsp3) is 0.474. The molecule has 0 aliphatic carbocycles. The Kier molecular flexibility index (Phi) is 4.55. The van der Waals surface area contributed by atoms with E-state index in [4.69, 9.17) is 9.84 Å². The highest BCUT2D eigenvalue weighted by Gasteiger charge is 2.24. The molecular formula is C19H24N4O2. The number of hydrogen-bond donors (Lipinski definition) is 1. The molecule has 0 saturated carbocycles. The van der Waals surface area contributed by atoms with Crippen LogP contribution in [0.4, 0.5) is 5.95 Å². The molecule has 2 aliphatic heterocycles. The third kappa shape index (κ3) is 3.32. The standard InChI is InChI=1S/C19H24N4O2/c1-14(17-3-2-16-4-9-25-18(16)10-17)22-5-7-23(8-6-22)19-20-11-15(13-24)12-21-19/h2-3,10-12,14,24H,4-9,13H2,1H3. The first kappa shape index (κ1) is 16.3. The summed E-state index contributed by atoms with van der Waals surface area (Å²) in [4.78, 5) is 13.4. The highest BCUT2D eigenvalue weighted by atomic mass is 16.5. The Bertz CT molecular complexity index is 727. The summed E-state index contributed by atoms with van der Waals surface area (Å²) in [5.41, 5.74) is 3.39. The third-order valence-electron chi connectivity index (χ3n) is 5.22. The van der Waals surface area contributed by atoms with Crippen molar-refractivity contribution in [2.45, 2.75) is 26.0 Å². The monoisotopic (exact) mass is 340 g/mol. The number of ether oxygens (including phenoxy) is 1. The van der Waals surface area contributed by atoms with Crippen LogP contribution in [0.15, 0.2) is 30.6 Å². The van der Waals surface area contributed by atoms with Crippen molar-refractivity contribution in [3.05, 3.63) is 47.3 Å². The summed E-state index contributed by atoms with van der Waals surface area (Å²) in [6.45, 7) is 6.82. The van der Waals surface area contributed by atoms with Gasteiger partial charge in [0, 0.05) is 56.6 Å². The molecule has 1 N–H and O–H groups in total. The number of rotatable bonds is 4. The van der Waals surface area contributed by atoms with E-state index in [2.05, 4.69) is 44.9 Å². The number of fused-ring (bicyclic) bond motifs is 1. The average molecular weight is 340 g/mol. The smallest absolute Gasteiger partial charge is 0.225 e. The molecule has 1 saturated heterocycles. The second-order valence-corrected chi connectivity index (χ2v) is 6.71. The van der Waals surface area contributed by atoms with E-state index in [-0.39, 0.29) is 6.61 Å². The molecule has 1 unspecified atom stereocenters. The first-order valence-corrected chi connectivity index (χ1v) is 8.91. The molecule has 4 rings (SSSR count). The summed E-state index contributed by atoms with van der Waals surface area (Å²) in [6.07, 6.45) is 4.42. The molecule has 2 aromatic rings. The molecule has 1 aromatic heterocycles. The second-order valence-electron chi connectivity index (χ2n) is 6.71. The summed E-state index contributed by atoms with van der Waals surface area (Å²) in [5, 5.41) is 9.09. The summed E-state index contributed by atoms with van der Waals surface area (Å²) in [5.74, 6) is 1.80. The van der Waals surface area contributed by atoms with Gasteiger partial charge in [-0.3, -0.25) is 4.90 Å². The molecule has 1 atom stereocenters. The topological polar surface area (TPSA) is 61.7 Å². The normalized spacial score (nSPS) is 18.7. The van der Waals surface area contributed by atoms with Gasteiger partial charge in [-0.2, -0.15) is 0 Å². The van der Waals surface area contributed by atoms with Crippen molar-refractivity contribution in [2.24, 2.45) is 0 Å². The van der Waals surface area contributed by atoms with Gasteiger partial charge in [-0.15, -0.1) is 0 Å². The number of aliphatic hydroxyl groups is 1. The Labute approximate surface area is 148 Å². The minimum absolute atomic E-state index is 0.0178. The van der Waals surface area contributed by atoms with Crippen molar-refractivity contribution < 1.29 is 9.84 Å². The van der Waals surface area contributed by atoms with E-state index >= 15 is 0 Å². The van der Waals surface area contributed by atoms with Gasteiger partial charge in [0.25, 0.3) is 0 Å². The molecular weight excluding hydrogens is 316 g/mol. The number of nitrogens with zero attached hydrogens (tertiary/aromatic N) is 4. The zero-order valence-corrected chi connectivity index (χ0v) is 14.6. The predicted octanol–water partition coefficient (Wildman–Crippen LogP) is 1.79. The van der Waals surface area contributed by atoms with Crippen LogP contribution in [-0.2, 0) is 13.0 Å². The molecule has 132 valence electrons. The Hall–Kier alpha value is -2.18. The lowest BCUT2D eigenvalue weighted by atomic mass is 10.0. The molecule has 2 aliphatic rings. The summed E-state index contributed by atoms with van der Waals surface area (Å²) in [7, 11) is 0. The van der Waals surface area contributed by atoms with Crippen LogP contribution in [0.5, 0.6) is 5.75 Å².